The summed E-state index contributed by atoms with van der Waals surface area (Å²) in [5.74, 6) is -0.0911. The fourth-order valence-corrected chi connectivity index (χ4v) is 4.63. The Bertz CT molecular complexity index is 1180. The monoisotopic (exact) mass is 418 g/mol. The van der Waals surface area contributed by atoms with Crippen molar-refractivity contribution in [2.24, 2.45) is 12.0 Å². The average molecular weight is 418 g/mol. The second-order valence-electron chi connectivity index (χ2n) is 7.98. The first-order valence-corrected chi connectivity index (χ1v) is 10.3. The summed E-state index contributed by atoms with van der Waals surface area (Å²) in [6, 6.07) is 11.2. The van der Waals surface area contributed by atoms with Crippen LogP contribution in [-0.4, -0.2) is 46.4 Å². The molecule has 2 aliphatic heterocycles. The summed E-state index contributed by atoms with van der Waals surface area (Å²) in [5, 5.41) is 10.8. The largest absolute Gasteiger partial charge is 0.384 e. The van der Waals surface area contributed by atoms with E-state index in [-0.39, 0.29) is 24.2 Å². The number of hydrogen-bond donors (Lipinski definition) is 2. The quantitative estimate of drug-likeness (QED) is 0.681. The zero-order valence-electron chi connectivity index (χ0n) is 17.4. The van der Waals surface area contributed by atoms with E-state index in [1.54, 1.807) is 4.68 Å². The van der Waals surface area contributed by atoms with Crippen molar-refractivity contribution in [3.8, 4) is 0 Å². The summed E-state index contributed by atoms with van der Waals surface area (Å²) in [5.41, 5.74) is 4.73. The van der Waals surface area contributed by atoms with Crippen LogP contribution in [0.25, 0.3) is 0 Å². The van der Waals surface area contributed by atoms with Gasteiger partial charge in [0.1, 0.15) is 24.5 Å². The molecule has 0 saturated heterocycles. The number of aryl methyl sites for hydroxylation is 1. The number of hydrogen-bond acceptors (Lipinski definition) is 6. The molecule has 1 aromatic heterocycles. The second-order valence-corrected chi connectivity index (χ2v) is 7.98. The van der Waals surface area contributed by atoms with E-state index in [2.05, 4.69) is 50.0 Å². The zero-order chi connectivity index (χ0) is 21.5. The lowest BCUT2D eigenvalue weighted by Crippen LogP contribution is -2.29. The predicted octanol–water partition coefficient (Wildman–Crippen LogP) is 2.65. The first-order valence-electron chi connectivity index (χ1n) is 10.3. The number of aliphatic imine (C=N–C) groups is 1. The van der Waals surface area contributed by atoms with Gasteiger partial charge in [-0.3, -0.25) is 14.5 Å². The SMILES string of the molecule is CNCc1ccc(C2CNc3cc(F)cc4c3C(=NCC4=O)C2c2ncnn2C)cc1. The second kappa shape index (κ2) is 7.70. The summed E-state index contributed by atoms with van der Waals surface area (Å²) >= 11 is 0. The number of benzene rings is 2. The number of nitrogens with zero attached hydrogens (tertiary/aromatic N) is 4. The molecule has 5 rings (SSSR count). The van der Waals surface area contributed by atoms with E-state index in [9.17, 15) is 9.18 Å². The number of ketones is 1. The normalized spacial score (nSPS) is 20.0. The third-order valence-corrected chi connectivity index (χ3v) is 6.08. The molecule has 2 N–H and O–H groups in total. The molecule has 0 bridgehead atoms. The summed E-state index contributed by atoms with van der Waals surface area (Å²) < 4.78 is 16.1. The zero-order valence-corrected chi connectivity index (χ0v) is 17.4. The highest BCUT2D eigenvalue weighted by Crippen LogP contribution is 2.42. The fourth-order valence-electron chi connectivity index (χ4n) is 4.63. The van der Waals surface area contributed by atoms with Gasteiger partial charge in [0.25, 0.3) is 0 Å². The Morgan fingerprint density at radius 1 is 1.26 bits per heavy atom. The number of nitrogens with one attached hydrogen (secondary N) is 2. The molecule has 7 nitrogen and oxygen atoms in total. The molecular formula is C23H23FN6O. The molecule has 0 spiro atoms. The molecule has 0 amide bonds. The molecule has 0 radical (unpaired) electrons. The van der Waals surface area contributed by atoms with Crippen molar-refractivity contribution in [3.05, 3.63) is 76.6 Å². The van der Waals surface area contributed by atoms with Crippen LogP contribution in [0.15, 0.2) is 47.7 Å². The first kappa shape index (κ1) is 19.6. The smallest absolute Gasteiger partial charge is 0.185 e. The van der Waals surface area contributed by atoms with Crippen molar-refractivity contribution in [2.75, 3.05) is 25.5 Å². The Morgan fingerprint density at radius 2 is 2.06 bits per heavy atom. The van der Waals surface area contributed by atoms with E-state index in [1.807, 2.05) is 14.1 Å². The van der Waals surface area contributed by atoms with Crippen LogP contribution in [-0.2, 0) is 13.6 Å². The molecule has 31 heavy (non-hydrogen) atoms. The Labute approximate surface area is 179 Å². The lowest BCUT2D eigenvalue weighted by atomic mass is 9.78. The molecule has 0 saturated carbocycles. The molecule has 0 fully saturated rings. The van der Waals surface area contributed by atoms with Crippen LogP contribution in [0.1, 0.15) is 44.7 Å². The minimum Gasteiger partial charge on any atom is -0.384 e. The van der Waals surface area contributed by atoms with Gasteiger partial charge in [0.2, 0.25) is 0 Å². The van der Waals surface area contributed by atoms with Crippen LogP contribution in [0.4, 0.5) is 10.1 Å². The van der Waals surface area contributed by atoms with Gasteiger partial charge < -0.3 is 10.6 Å². The van der Waals surface area contributed by atoms with Gasteiger partial charge >= 0.3 is 0 Å². The molecule has 0 aliphatic carbocycles. The predicted molar refractivity (Wildman–Crippen MR) is 116 cm³/mol. The number of aromatic nitrogens is 3. The molecular weight excluding hydrogens is 395 g/mol. The summed E-state index contributed by atoms with van der Waals surface area (Å²) in [6.07, 6.45) is 1.53. The lowest BCUT2D eigenvalue weighted by Gasteiger charge is -2.28. The van der Waals surface area contributed by atoms with E-state index in [1.165, 1.54) is 24.0 Å². The standard InChI is InChI=1S/C23H23FN6O/c1-25-9-13-3-5-14(6-4-13)17-10-26-18-8-15(24)7-16-19(31)11-27-22(20(16)18)21(17)23-28-12-29-30(23)2/h3-8,12,17,21,25-26H,9-11H2,1-2H3. The highest BCUT2D eigenvalue weighted by molar-refractivity contribution is 6.20. The Hall–Kier alpha value is -3.39. The Balaban J connectivity index is 1.69. The van der Waals surface area contributed by atoms with Gasteiger partial charge in [-0.25, -0.2) is 9.37 Å². The van der Waals surface area contributed by atoms with Gasteiger partial charge in [-0.2, -0.15) is 5.10 Å². The Morgan fingerprint density at radius 3 is 2.77 bits per heavy atom. The maximum atomic E-state index is 14.3. The van der Waals surface area contributed by atoms with E-state index >= 15 is 0 Å². The molecule has 2 aromatic carbocycles. The average Bonchev–Trinajstić information content (AvgIpc) is 3.11. The third kappa shape index (κ3) is 3.33. The summed E-state index contributed by atoms with van der Waals surface area (Å²) in [7, 11) is 3.78. The van der Waals surface area contributed by atoms with Crippen molar-refractivity contribution in [2.45, 2.75) is 18.4 Å². The molecule has 8 heteroatoms. The van der Waals surface area contributed by atoms with E-state index < -0.39 is 5.82 Å². The van der Waals surface area contributed by atoms with Gasteiger partial charge in [0, 0.05) is 42.9 Å². The molecule has 2 aliphatic rings. The van der Waals surface area contributed by atoms with E-state index in [0.717, 1.165) is 23.6 Å². The van der Waals surface area contributed by atoms with Crippen molar-refractivity contribution >= 4 is 17.2 Å². The van der Waals surface area contributed by atoms with Crippen molar-refractivity contribution in [3.63, 3.8) is 0 Å². The van der Waals surface area contributed by atoms with Crippen LogP contribution < -0.4 is 10.6 Å². The fraction of sp³-hybridized carbons (Fsp3) is 0.304. The third-order valence-electron chi connectivity index (χ3n) is 6.08. The summed E-state index contributed by atoms with van der Waals surface area (Å²) in [6.45, 7) is 1.35. The van der Waals surface area contributed by atoms with Gasteiger partial charge in [0.15, 0.2) is 5.78 Å². The van der Waals surface area contributed by atoms with Crippen LogP contribution in [0.3, 0.4) is 0 Å². The molecule has 3 aromatic rings. The van der Waals surface area contributed by atoms with Crippen molar-refractivity contribution in [1.82, 2.24) is 20.1 Å². The molecule has 2 atom stereocenters. The van der Waals surface area contributed by atoms with E-state index in [4.69, 9.17) is 0 Å². The van der Waals surface area contributed by atoms with Gasteiger partial charge in [-0.15, -0.1) is 0 Å². The Kier molecular flexibility index (Phi) is 4.86. The van der Waals surface area contributed by atoms with Crippen LogP contribution >= 0.6 is 0 Å². The van der Waals surface area contributed by atoms with Gasteiger partial charge in [-0.1, -0.05) is 24.3 Å². The molecule has 2 unspecified atom stereocenters. The van der Waals surface area contributed by atoms with Crippen LogP contribution in [0.5, 0.6) is 0 Å². The molecule has 158 valence electrons. The summed E-state index contributed by atoms with van der Waals surface area (Å²) in [4.78, 5) is 21.8. The number of Topliss-reactive ketones (excluding diaryl/α,β-unsaturated/α-hetero) is 1. The van der Waals surface area contributed by atoms with E-state index in [0.29, 0.717) is 23.4 Å². The number of carbonyl (C=O) groups is 1. The topological polar surface area (TPSA) is 84.2 Å². The molecule has 3 heterocycles. The van der Waals surface area contributed by atoms with Crippen molar-refractivity contribution < 1.29 is 9.18 Å². The highest BCUT2D eigenvalue weighted by Gasteiger charge is 2.40. The first-order chi connectivity index (χ1) is 15.1. The maximum Gasteiger partial charge on any atom is 0.185 e. The van der Waals surface area contributed by atoms with Gasteiger partial charge in [0.05, 0.1) is 11.6 Å². The maximum absolute atomic E-state index is 14.3. The van der Waals surface area contributed by atoms with Gasteiger partial charge in [-0.05, 0) is 30.3 Å². The van der Waals surface area contributed by atoms with Crippen LogP contribution in [0, 0.1) is 5.82 Å². The number of rotatable bonds is 4. The van der Waals surface area contributed by atoms with Crippen LogP contribution in [0.2, 0.25) is 0 Å². The van der Waals surface area contributed by atoms with Crippen molar-refractivity contribution in [1.29, 1.82) is 0 Å². The highest BCUT2D eigenvalue weighted by atomic mass is 19.1. The number of halogens is 1. The number of carbonyl (C=O) groups excluding carboxylic acids is 1. The minimum atomic E-state index is -0.430. The lowest BCUT2D eigenvalue weighted by molar-refractivity contribution is 0.0999. The minimum absolute atomic E-state index is 0.00735. The number of anilines is 1.